The van der Waals surface area contributed by atoms with Gasteiger partial charge in [-0.25, -0.2) is 0 Å². The SMILES string of the molecule is Cc1oc(C)c(C(=O)N2CC[C@@H](C(N)=O)C2)c1Br. The number of primary amides is 1. The van der Waals surface area contributed by atoms with Crippen LogP contribution < -0.4 is 5.73 Å². The third-order valence-corrected chi connectivity index (χ3v) is 4.23. The molecule has 2 heterocycles. The molecule has 1 saturated heterocycles. The Kier molecular flexibility index (Phi) is 3.47. The number of halogens is 1. The van der Waals surface area contributed by atoms with Crippen molar-refractivity contribution in [3.8, 4) is 0 Å². The van der Waals surface area contributed by atoms with Crippen LogP contribution >= 0.6 is 15.9 Å². The molecule has 0 radical (unpaired) electrons. The molecular formula is C12H15BrN2O3. The van der Waals surface area contributed by atoms with Crippen LogP contribution in [0, 0.1) is 19.8 Å². The number of carbonyl (C=O) groups is 2. The summed E-state index contributed by atoms with van der Waals surface area (Å²) in [5.41, 5.74) is 5.80. The van der Waals surface area contributed by atoms with Gasteiger partial charge < -0.3 is 15.1 Å². The molecule has 0 aliphatic carbocycles. The maximum Gasteiger partial charge on any atom is 0.258 e. The molecule has 1 atom stereocenters. The van der Waals surface area contributed by atoms with Crippen molar-refractivity contribution >= 4 is 27.7 Å². The Balaban J connectivity index is 2.20. The first-order valence-corrected chi connectivity index (χ1v) is 6.55. The summed E-state index contributed by atoms with van der Waals surface area (Å²) >= 11 is 3.36. The average molecular weight is 315 g/mol. The minimum atomic E-state index is -0.343. The molecule has 0 spiro atoms. The highest BCUT2D eigenvalue weighted by atomic mass is 79.9. The molecule has 2 amide bonds. The maximum atomic E-state index is 12.4. The molecule has 6 heteroatoms. The first kappa shape index (κ1) is 13.1. The maximum absolute atomic E-state index is 12.4. The second-order valence-corrected chi connectivity index (χ2v) is 5.34. The summed E-state index contributed by atoms with van der Waals surface area (Å²) < 4.78 is 6.10. The fourth-order valence-corrected chi connectivity index (χ4v) is 2.77. The lowest BCUT2D eigenvalue weighted by Gasteiger charge is -2.15. The van der Waals surface area contributed by atoms with Crippen LogP contribution in [0.2, 0.25) is 0 Å². The quantitative estimate of drug-likeness (QED) is 0.901. The van der Waals surface area contributed by atoms with Crippen LogP contribution in [0.5, 0.6) is 0 Å². The Morgan fingerprint density at radius 1 is 1.39 bits per heavy atom. The smallest absolute Gasteiger partial charge is 0.258 e. The zero-order valence-corrected chi connectivity index (χ0v) is 11.9. The van der Waals surface area contributed by atoms with Gasteiger partial charge in [-0.05, 0) is 36.2 Å². The minimum Gasteiger partial charge on any atom is -0.465 e. The molecule has 2 N–H and O–H groups in total. The predicted molar refractivity (Wildman–Crippen MR) is 69.1 cm³/mol. The third kappa shape index (κ3) is 2.16. The van der Waals surface area contributed by atoms with E-state index in [2.05, 4.69) is 15.9 Å². The molecule has 18 heavy (non-hydrogen) atoms. The fraction of sp³-hybridized carbons (Fsp3) is 0.500. The van der Waals surface area contributed by atoms with Crippen molar-refractivity contribution in [2.24, 2.45) is 11.7 Å². The van der Waals surface area contributed by atoms with Crippen molar-refractivity contribution in [3.05, 3.63) is 21.6 Å². The molecular weight excluding hydrogens is 300 g/mol. The lowest BCUT2D eigenvalue weighted by atomic mass is 10.1. The fourth-order valence-electron chi connectivity index (χ4n) is 2.24. The standard InChI is InChI=1S/C12H15BrN2O3/c1-6-9(10(13)7(2)18-6)12(17)15-4-3-8(5-15)11(14)16/h8H,3-5H2,1-2H3,(H2,14,16)/t8-/m1/s1. The van der Waals surface area contributed by atoms with E-state index in [0.29, 0.717) is 41.1 Å². The summed E-state index contributed by atoms with van der Waals surface area (Å²) in [4.78, 5) is 25.1. The van der Waals surface area contributed by atoms with Gasteiger partial charge in [-0.2, -0.15) is 0 Å². The monoisotopic (exact) mass is 314 g/mol. The number of carbonyl (C=O) groups excluding carboxylic acids is 2. The van der Waals surface area contributed by atoms with Gasteiger partial charge in [-0.3, -0.25) is 9.59 Å². The lowest BCUT2D eigenvalue weighted by molar-refractivity contribution is -0.121. The predicted octanol–water partition coefficient (Wildman–Crippen LogP) is 1.61. The number of amides is 2. The number of hydrogen-bond acceptors (Lipinski definition) is 3. The topological polar surface area (TPSA) is 76.5 Å². The van der Waals surface area contributed by atoms with Crippen LogP contribution in [0.1, 0.15) is 28.3 Å². The Hall–Kier alpha value is -1.30. The van der Waals surface area contributed by atoms with Crippen molar-refractivity contribution in [2.45, 2.75) is 20.3 Å². The van der Waals surface area contributed by atoms with Gasteiger partial charge in [0.15, 0.2) is 0 Å². The van der Waals surface area contributed by atoms with Gasteiger partial charge in [-0.15, -0.1) is 0 Å². The number of hydrogen-bond donors (Lipinski definition) is 1. The molecule has 0 bridgehead atoms. The Morgan fingerprint density at radius 3 is 2.50 bits per heavy atom. The molecule has 98 valence electrons. The van der Waals surface area contributed by atoms with Crippen LogP contribution in [0.3, 0.4) is 0 Å². The van der Waals surface area contributed by atoms with Gasteiger partial charge in [0.05, 0.1) is 16.0 Å². The van der Waals surface area contributed by atoms with Crippen LogP contribution in [0.15, 0.2) is 8.89 Å². The lowest BCUT2D eigenvalue weighted by Crippen LogP contribution is -2.32. The van der Waals surface area contributed by atoms with Crippen molar-refractivity contribution in [1.82, 2.24) is 4.90 Å². The van der Waals surface area contributed by atoms with Gasteiger partial charge in [0.25, 0.3) is 5.91 Å². The van der Waals surface area contributed by atoms with Crippen molar-refractivity contribution < 1.29 is 14.0 Å². The Bertz CT molecular complexity index is 510. The minimum absolute atomic E-state index is 0.111. The summed E-state index contributed by atoms with van der Waals surface area (Å²) in [5, 5.41) is 0. The second-order valence-electron chi connectivity index (χ2n) is 4.54. The summed E-state index contributed by atoms with van der Waals surface area (Å²) in [6, 6.07) is 0. The normalized spacial score (nSPS) is 19.3. The van der Waals surface area contributed by atoms with E-state index in [9.17, 15) is 9.59 Å². The zero-order valence-electron chi connectivity index (χ0n) is 10.3. The first-order chi connectivity index (χ1) is 8.41. The van der Waals surface area contributed by atoms with E-state index in [0.717, 1.165) is 0 Å². The van der Waals surface area contributed by atoms with E-state index < -0.39 is 0 Å². The molecule has 0 saturated carbocycles. The van der Waals surface area contributed by atoms with Gasteiger partial charge >= 0.3 is 0 Å². The number of likely N-dealkylation sites (tertiary alicyclic amines) is 1. The molecule has 0 unspecified atom stereocenters. The third-order valence-electron chi connectivity index (χ3n) is 3.28. The largest absolute Gasteiger partial charge is 0.465 e. The molecule has 1 aromatic rings. The summed E-state index contributed by atoms with van der Waals surface area (Å²) in [6.45, 7) is 4.50. The number of nitrogens with two attached hydrogens (primary N) is 1. The molecule has 1 aliphatic rings. The molecule has 5 nitrogen and oxygen atoms in total. The van der Waals surface area contributed by atoms with Gasteiger partial charge in [0.1, 0.15) is 11.5 Å². The van der Waals surface area contributed by atoms with Crippen LogP contribution in [0.4, 0.5) is 0 Å². The highest BCUT2D eigenvalue weighted by Crippen LogP contribution is 2.30. The highest BCUT2D eigenvalue weighted by molar-refractivity contribution is 9.10. The zero-order chi connectivity index (χ0) is 13.4. The number of nitrogens with zero attached hydrogens (tertiary/aromatic N) is 1. The molecule has 1 fully saturated rings. The molecule has 0 aromatic carbocycles. The van der Waals surface area contributed by atoms with E-state index in [1.165, 1.54) is 0 Å². The van der Waals surface area contributed by atoms with Crippen molar-refractivity contribution in [3.63, 3.8) is 0 Å². The number of rotatable bonds is 2. The van der Waals surface area contributed by atoms with Gasteiger partial charge in [-0.1, -0.05) is 0 Å². The first-order valence-electron chi connectivity index (χ1n) is 5.76. The number of furan rings is 1. The number of aryl methyl sites for hydroxylation is 2. The Labute approximate surface area is 113 Å². The Morgan fingerprint density at radius 2 is 2.06 bits per heavy atom. The van der Waals surface area contributed by atoms with E-state index in [-0.39, 0.29) is 17.7 Å². The van der Waals surface area contributed by atoms with Crippen molar-refractivity contribution in [2.75, 3.05) is 13.1 Å². The van der Waals surface area contributed by atoms with Crippen LogP contribution in [-0.4, -0.2) is 29.8 Å². The molecule has 1 aliphatic heterocycles. The van der Waals surface area contributed by atoms with E-state index >= 15 is 0 Å². The summed E-state index contributed by atoms with van der Waals surface area (Å²) in [5.74, 6) is 0.582. The van der Waals surface area contributed by atoms with E-state index in [1.807, 2.05) is 0 Å². The van der Waals surface area contributed by atoms with E-state index in [4.69, 9.17) is 10.2 Å². The molecule has 1 aromatic heterocycles. The highest BCUT2D eigenvalue weighted by Gasteiger charge is 2.32. The molecule has 2 rings (SSSR count). The van der Waals surface area contributed by atoms with Crippen molar-refractivity contribution in [1.29, 1.82) is 0 Å². The van der Waals surface area contributed by atoms with Crippen LogP contribution in [0.25, 0.3) is 0 Å². The summed E-state index contributed by atoms with van der Waals surface area (Å²) in [6.07, 6.45) is 0.634. The second kappa shape index (κ2) is 4.76. The van der Waals surface area contributed by atoms with Crippen LogP contribution in [-0.2, 0) is 4.79 Å². The summed E-state index contributed by atoms with van der Waals surface area (Å²) in [7, 11) is 0. The average Bonchev–Trinajstić information content (AvgIpc) is 2.85. The van der Waals surface area contributed by atoms with E-state index in [1.54, 1.807) is 18.7 Å². The van der Waals surface area contributed by atoms with Gasteiger partial charge in [0, 0.05) is 13.1 Å². The van der Waals surface area contributed by atoms with Gasteiger partial charge in [0.2, 0.25) is 5.91 Å².